The lowest BCUT2D eigenvalue weighted by Crippen LogP contribution is -2.40. The van der Waals surface area contributed by atoms with Gasteiger partial charge in [-0.05, 0) is 31.7 Å². The number of nitrogens with zero attached hydrogens (tertiary/aromatic N) is 2. The molecule has 2 amide bonds. The molecule has 0 unspecified atom stereocenters. The van der Waals surface area contributed by atoms with Crippen LogP contribution in [0.15, 0.2) is 54.6 Å². The van der Waals surface area contributed by atoms with Gasteiger partial charge in [-0.15, -0.1) is 0 Å². The van der Waals surface area contributed by atoms with Crippen LogP contribution in [0.4, 0.5) is 0 Å². The lowest BCUT2D eigenvalue weighted by Gasteiger charge is -2.28. The number of carbonyl (C=O) groups is 2. The van der Waals surface area contributed by atoms with Gasteiger partial charge < -0.3 is 0 Å². The van der Waals surface area contributed by atoms with Gasteiger partial charge in [0.2, 0.25) is 0 Å². The molecule has 4 nitrogen and oxygen atoms in total. The summed E-state index contributed by atoms with van der Waals surface area (Å²) in [6.07, 6.45) is 0. The number of carbonyl (C=O) groups excluding carboxylic acids is 2. The largest absolute Gasteiger partial charge is 0.282 e. The average Bonchev–Trinajstić information content (AvgIpc) is 2.80. The normalized spacial score (nSPS) is 15.3. The Morgan fingerprint density at radius 2 is 1.41 bits per heavy atom. The molecule has 112 valence electrons. The summed E-state index contributed by atoms with van der Waals surface area (Å²) in [6.45, 7) is 2.34. The number of rotatable bonds is 4. The van der Waals surface area contributed by atoms with Gasteiger partial charge in [-0.2, -0.15) is 0 Å². The van der Waals surface area contributed by atoms with Crippen LogP contribution in [0.1, 0.15) is 39.2 Å². The van der Waals surface area contributed by atoms with Crippen molar-refractivity contribution in [1.82, 2.24) is 9.80 Å². The minimum absolute atomic E-state index is 0.116. The third kappa shape index (κ3) is 2.42. The highest BCUT2D eigenvalue weighted by atomic mass is 16.2. The van der Waals surface area contributed by atoms with Gasteiger partial charge in [0, 0.05) is 6.04 Å². The zero-order chi connectivity index (χ0) is 15.7. The molecule has 0 saturated heterocycles. The van der Waals surface area contributed by atoms with Crippen LogP contribution in [0.5, 0.6) is 0 Å². The first kappa shape index (κ1) is 14.5. The molecule has 1 aliphatic heterocycles. The first-order chi connectivity index (χ1) is 10.6. The molecule has 3 rings (SSSR count). The fraction of sp³-hybridized carbons (Fsp3) is 0.222. The van der Waals surface area contributed by atoms with Crippen molar-refractivity contribution in [2.75, 3.05) is 13.7 Å². The van der Waals surface area contributed by atoms with Gasteiger partial charge in [0.05, 0.1) is 17.8 Å². The molecule has 0 saturated carbocycles. The van der Waals surface area contributed by atoms with E-state index in [9.17, 15) is 9.59 Å². The molecule has 1 aliphatic rings. The molecule has 0 aliphatic carbocycles. The molecular formula is C18H18N2O2. The lowest BCUT2D eigenvalue weighted by atomic mass is 10.1. The molecule has 1 atom stereocenters. The third-order valence-electron chi connectivity index (χ3n) is 4.19. The topological polar surface area (TPSA) is 40.6 Å². The van der Waals surface area contributed by atoms with E-state index >= 15 is 0 Å². The molecule has 0 N–H and O–H groups in total. The highest BCUT2D eigenvalue weighted by Gasteiger charge is 2.36. The van der Waals surface area contributed by atoms with E-state index in [2.05, 4.69) is 6.92 Å². The van der Waals surface area contributed by atoms with Crippen molar-refractivity contribution < 1.29 is 9.59 Å². The molecule has 2 aromatic rings. The standard InChI is InChI=1S/C18H18N2O2/c1-13(14-8-4-3-5-9-14)19(2)12-20-17(21)15-10-6-7-11-16(15)18(20)22/h3-11,13H,12H2,1-2H3/t13-/m1/s1. The molecule has 22 heavy (non-hydrogen) atoms. The van der Waals surface area contributed by atoms with E-state index in [-0.39, 0.29) is 24.5 Å². The Balaban J connectivity index is 1.77. The molecule has 1 heterocycles. The van der Waals surface area contributed by atoms with E-state index < -0.39 is 0 Å². The molecule has 0 fully saturated rings. The zero-order valence-corrected chi connectivity index (χ0v) is 12.7. The maximum Gasteiger partial charge on any atom is 0.262 e. The number of benzene rings is 2. The smallest absolute Gasteiger partial charge is 0.262 e. The number of imide groups is 1. The van der Waals surface area contributed by atoms with Gasteiger partial charge in [0.25, 0.3) is 11.8 Å². The number of amides is 2. The fourth-order valence-corrected chi connectivity index (χ4v) is 2.70. The summed E-state index contributed by atoms with van der Waals surface area (Å²) in [6, 6.07) is 17.1. The predicted molar refractivity (Wildman–Crippen MR) is 84.4 cm³/mol. The van der Waals surface area contributed by atoms with E-state index in [1.165, 1.54) is 4.90 Å². The minimum Gasteiger partial charge on any atom is -0.282 e. The first-order valence-electron chi connectivity index (χ1n) is 7.30. The maximum absolute atomic E-state index is 12.4. The zero-order valence-electron chi connectivity index (χ0n) is 12.7. The van der Waals surface area contributed by atoms with E-state index in [1.54, 1.807) is 24.3 Å². The summed E-state index contributed by atoms with van der Waals surface area (Å²) in [7, 11) is 1.92. The maximum atomic E-state index is 12.4. The summed E-state index contributed by atoms with van der Waals surface area (Å²) in [5.74, 6) is -0.430. The van der Waals surface area contributed by atoms with Crippen molar-refractivity contribution in [2.45, 2.75) is 13.0 Å². The summed E-state index contributed by atoms with van der Waals surface area (Å²) >= 11 is 0. The quantitative estimate of drug-likeness (QED) is 0.814. The molecule has 0 spiro atoms. The van der Waals surface area contributed by atoms with E-state index in [0.29, 0.717) is 11.1 Å². The summed E-state index contributed by atoms with van der Waals surface area (Å²) in [4.78, 5) is 28.1. The number of fused-ring (bicyclic) bond motifs is 1. The Morgan fingerprint density at radius 3 is 1.95 bits per heavy atom. The second-order valence-electron chi connectivity index (χ2n) is 5.57. The van der Waals surface area contributed by atoms with E-state index in [1.807, 2.05) is 42.3 Å². The van der Waals surface area contributed by atoms with Crippen molar-refractivity contribution in [3.63, 3.8) is 0 Å². The van der Waals surface area contributed by atoms with Crippen LogP contribution >= 0.6 is 0 Å². The average molecular weight is 294 g/mol. The Labute approximate surface area is 130 Å². The Kier molecular flexibility index (Phi) is 3.77. The second kappa shape index (κ2) is 5.73. The van der Waals surface area contributed by atoms with Crippen molar-refractivity contribution in [3.05, 3.63) is 71.3 Å². The van der Waals surface area contributed by atoms with Crippen molar-refractivity contribution >= 4 is 11.8 Å². The van der Waals surface area contributed by atoms with Gasteiger partial charge in [-0.1, -0.05) is 42.5 Å². The Bertz CT molecular complexity index is 677. The summed E-state index contributed by atoms with van der Waals surface area (Å²) < 4.78 is 0. The minimum atomic E-state index is -0.215. The lowest BCUT2D eigenvalue weighted by molar-refractivity contribution is 0.0531. The second-order valence-corrected chi connectivity index (χ2v) is 5.57. The van der Waals surface area contributed by atoms with Crippen LogP contribution in [0.25, 0.3) is 0 Å². The van der Waals surface area contributed by atoms with Crippen LogP contribution in [-0.4, -0.2) is 35.3 Å². The van der Waals surface area contributed by atoms with Crippen LogP contribution in [-0.2, 0) is 0 Å². The Hall–Kier alpha value is -2.46. The summed E-state index contributed by atoms with van der Waals surface area (Å²) in [5.41, 5.74) is 2.14. The third-order valence-corrected chi connectivity index (χ3v) is 4.19. The van der Waals surface area contributed by atoms with Crippen LogP contribution < -0.4 is 0 Å². The molecule has 0 aromatic heterocycles. The fourth-order valence-electron chi connectivity index (χ4n) is 2.70. The van der Waals surface area contributed by atoms with Crippen molar-refractivity contribution in [1.29, 1.82) is 0 Å². The highest BCUT2D eigenvalue weighted by Crippen LogP contribution is 2.25. The molecular weight excluding hydrogens is 276 g/mol. The van der Waals surface area contributed by atoms with E-state index in [0.717, 1.165) is 5.56 Å². The van der Waals surface area contributed by atoms with Crippen LogP contribution in [0.2, 0.25) is 0 Å². The molecule has 0 bridgehead atoms. The first-order valence-corrected chi connectivity index (χ1v) is 7.30. The molecule has 4 heteroatoms. The summed E-state index contributed by atoms with van der Waals surface area (Å²) in [5, 5.41) is 0. The van der Waals surface area contributed by atoms with Gasteiger partial charge in [0.1, 0.15) is 0 Å². The van der Waals surface area contributed by atoms with E-state index in [4.69, 9.17) is 0 Å². The van der Waals surface area contributed by atoms with Crippen molar-refractivity contribution in [3.8, 4) is 0 Å². The van der Waals surface area contributed by atoms with Crippen molar-refractivity contribution in [2.24, 2.45) is 0 Å². The molecule has 0 radical (unpaired) electrons. The molecule has 2 aromatic carbocycles. The van der Waals surface area contributed by atoms with Crippen LogP contribution in [0, 0.1) is 0 Å². The van der Waals surface area contributed by atoms with Gasteiger partial charge >= 0.3 is 0 Å². The Morgan fingerprint density at radius 1 is 0.909 bits per heavy atom. The highest BCUT2D eigenvalue weighted by molar-refractivity contribution is 6.21. The monoisotopic (exact) mass is 294 g/mol. The SMILES string of the molecule is C[C@H](c1ccccc1)N(C)CN1C(=O)c2ccccc2C1=O. The number of hydrogen-bond acceptors (Lipinski definition) is 3. The van der Waals surface area contributed by atoms with Crippen LogP contribution in [0.3, 0.4) is 0 Å². The number of hydrogen-bond donors (Lipinski definition) is 0. The van der Waals surface area contributed by atoms with Gasteiger partial charge in [-0.25, -0.2) is 0 Å². The van der Waals surface area contributed by atoms with Gasteiger partial charge in [-0.3, -0.25) is 19.4 Å². The van der Waals surface area contributed by atoms with Gasteiger partial charge in [0.15, 0.2) is 0 Å². The predicted octanol–water partition coefficient (Wildman–Crippen LogP) is 2.93.